The average molecular weight is 332 g/mol. The third-order valence-electron chi connectivity index (χ3n) is 5.63. The number of aliphatic hydroxyl groups is 1. The molecule has 132 valence electrons. The van der Waals surface area contributed by atoms with Crippen molar-refractivity contribution in [3.8, 4) is 0 Å². The first-order valence-electron chi connectivity index (χ1n) is 8.97. The number of epoxide rings is 1. The smallest absolute Gasteiger partial charge is 0.334 e. The Labute approximate surface area is 144 Å². The van der Waals surface area contributed by atoms with Crippen LogP contribution in [0.5, 0.6) is 0 Å². The van der Waals surface area contributed by atoms with E-state index in [0.717, 1.165) is 55.2 Å². The van der Waals surface area contributed by atoms with Gasteiger partial charge in [0, 0.05) is 5.57 Å². The fourth-order valence-electron chi connectivity index (χ4n) is 3.76. The number of carbonyl (C=O) groups excluding carboxylic acids is 1. The summed E-state index contributed by atoms with van der Waals surface area (Å²) >= 11 is 0. The summed E-state index contributed by atoms with van der Waals surface area (Å²) in [5.74, 6) is -0.212. The SMILES string of the molecule is CC1=C2CC/C(CO)=C/CC[C@]3(C)O[C@H]3CC/C(C)=C/[C@@H]2OC1=O. The van der Waals surface area contributed by atoms with Crippen molar-refractivity contribution in [1.29, 1.82) is 0 Å². The van der Waals surface area contributed by atoms with Gasteiger partial charge in [0.05, 0.1) is 18.3 Å². The van der Waals surface area contributed by atoms with Crippen molar-refractivity contribution in [3.05, 3.63) is 34.4 Å². The predicted molar refractivity (Wildman–Crippen MR) is 92.5 cm³/mol. The lowest BCUT2D eigenvalue weighted by molar-refractivity contribution is -0.138. The molecule has 1 aliphatic carbocycles. The molecule has 0 unspecified atom stereocenters. The van der Waals surface area contributed by atoms with Crippen LogP contribution in [0, 0.1) is 0 Å². The van der Waals surface area contributed by atoms with Crippen LogP contribution in [-0.2, 0) is 14.3 Å². The van der Waals surface area contributed by atoms with E-state index in [1.807, 2.05) is 6.92 Å². The van der Waals surface area contributed by atoms with Crippen LogP contribution in [0.15, 0.2) is 34.4 Å². The molecule has 0 aromatic rings. The molecule has 3 aliphatic rings. The van der Waals surface area contributed by atoms with Crippen LogP contribution in [0.1, 0.15) is 59.3 Å². The van der Waals surface area contributed by atoms with Gasteiger partial charge in [0.25, 0.3) is 0 Å². The number of fused-ring (bicyclic) bond motifs is 2. The van der Waals surface area contributed by atoms with Gasteiger partial charge in [0.1, 0.15) is 6.10 Å². The minimum Gasteiger partial charge on any atom is -0.450 e. The first-order chi connectivity index (χ1) is 11.4. The molecule has 0 bridgehead atoms. The van der Waals surface area contributed by atoms with Crippen molar-refractivity contribution in [1.82, 2.24) is 0 Å². The molecule has 2 aliphatic heterocycles. The molecule has 3 atom stereocenters. The van der Waals surface area contributed by atoms with Gasteiger partial charge in [-0.1, -0.05) is 11.6 Å². The minimum absolute atomic E-state index is 0.0110. The van der Waals surface area contributed by atoms with Crippen LogP contribution in [0.25, 0.3) is 0 Å². The number of aliphatic hydroxyl groups excluding tert-OH is 1. The highest BCUT2D eigenvalue weighted by atomic mass is 16.6. The van der Waals surface area contributed by atoms with E-state index in [-0.39, 0.29) is 24.3 Å². The van der Waals surface area contributed by atoms with Crippen molar-refractivity contribution in [2.45, 2.75) is 77.1 Å². The first kappa shape index (κ1) is 17.4. The van der Waals surface area contributed by atoms with E-state index in [1.165, 1.54) is 5.57 Å². The zero-order valence-electron chi connectivity index (χ0n) is 14.9. The van der Waals surface area contributed by atoms with E-state index >= 15 is 0 Å². The van der Waals surface area contributed by atoms with E-state index in [9.17, 15) is 9.90 Å². The van der Waals surface area contributed by atoms with E-state index in [0.29, 0.717) is 6.10 Å². The molecule has 4 nitrogen and oxygen atoms in total. The van der Waals surface area contributed by atoms with Crippen LogP contribution in [0.2, 0.25) is 0 Å². The zero-order chi connectivity index (χ0) is 17.3. The Balaban J connectivity index is 1.82. The maximum absolute atomic E-state index is 11.9. The van der Waals surface area contributed by atoms with Crippen molar-refractivity contribution < 1.29 is 19.4 Å². The van der Waals surface area contributed by atoms with Gasteiger partial charge in [0.2, 0.25) is 0 Å². The molecule has 3 rings (SSSR count). The van der Waals surface area contributed by atoms with Crippen LogP contribution < -0.4 is 0 Å². The van der Waals surface area contributed by atoms with Gasteiger partial charge in [-0.05, 0) is 76.5 Å². The predicted octanol–water partition coefficient (Wildman–Crippen LogP) is 3.61. The number of hydrogen-bond acceptors (Lipinski definition) is 4. The van der Waals surface area contributed by atoms with Gasteiger partial charge >= 0.3 is 5.97 Å². The number of ether oxygens (including phenoxy) is 2. The van der Waals surface area contributed by atoms with Gasteiger partial charge in [0.15, 0.2) is 0 Å². The zero-order valence-corrected chi connectivity index (χ0v) is 14.9. The van der Waals surface area contributed by atoms with Crippen molar-refractivity contribution in [3.63, 3.8) is 0 Å². The third-order valence-corrected chi connectivity index (χ3v) is 5.63. The first-order valence-corrected chi connectivity index (χ1v) is 8.97. The van der Waals surface area contributed by atoms with E-state index in [1.54, 1.807) is 0 Å². The molecule has 24 heavy (non-hydrogen) atoms. The Morgan fingerprint density at radius 2 is 2.08 bits per heavy atom. The molecule has 0 radical (unpaired) electrons. The summed E-state index contributed by atoms with van der Waals surface area (Å²) in [4.78, 5) is 11.9. The summed E-state index contributed by atoms with van der Waals surface area (Å²) in [6.45, 7) is 6.19. The number of carbonyl (C=O) groups is 1. The average Bonchev–Trinajstić information content (AvgIpc) is 3.12. The molecule has 1 saturated heterocycles. The van der Waals surface area contributed by atoms with Crippen molar-refractivity contribution >= 4 is 5.97 Å². The monoisotopic (exact) mass is 332 g/mol. The second-order valence-corrected chi connectivity index (χ2v) is 7.51. The van der Waals surface area contributed by atoms with E-state index in [2.05, 4.69) is 26.0 Å². The van der Waals surface area contributed by atoms with Crippen molar-refractivity contribution in [2.75, 3.05) is 6.61 Å². The van der Waals surface area contributed by atoms with Gasteiger partial charge in [-0.3, -0.25) is 0 Å². The van der Waals surface area contributed by atoms with Crippen LogP contribution in [0.3, 0.4) is 0 Å². The lowest BCUT2D eigenvalue weighted by Gasteiger charge is -2.14. The summed E-state index contributed by atoms with van der Waals surface area (Å²) in [7, 11) is 0. The lowest BCUT2D eigenvalue weighted by atomic mass is 9.92. The van der Waals surface area contributed by atoms with Crippen LogP contribution >= 0.6 is 0 Å². The number of allylic oxidation sites excluding steroid dienone is 2. The van der Waals surface area contributed by atoms with Gasteiger partial charge in [-0.15, -0.1) is 0 Å². The highest BCUT2D eigenvalue weighted by molar-refractivity contribution is 5.92. The van der Waals surface area contributed by atoms with Crippen LogP contribution in [-0.4, -0.2) is 35.5 Å². The highest BCUT2D eigenvalue weighted by Gasteiger charge is 2.50. The van der Waals surface area contributed by atoms with Crippen LogP contribution in [0.4, 0.5) is 0 Å². The molecule has 0 amide bonds. The molecular weight excluding hydrogens is 304 g/mol. The Kier molecular flexibility index (Phi) is 4.97. The lowest BCUT2D eigenvalue weighted by Crippen LogP contribution is -2.12. The second kappa shape index (κ2) is 6.85. The molecule has 0 saturated carbocycles. The summed E-state index contributed by atoms with van der Waals surface area (Å²) in [5.41, 5.74) is 4.05. The number of hydrogen-bond donors (Lipinski definition) is 1. The summed E-state index contributed by atoms with van der Waals surface area (Å²) in [6.07, 6.45) is 9.72. The summed E-state index contributed by atoms with van der Waals surface area (Å²) in [5, 5.41) is 9.61. The summed E-state index contributed by atoms with van der Waals surface area (Å²) in [6, 6.07) is 0. The maximum Gasteiger partial charge on any atom is 0.334 e. The molecule has 1 N–H and O–H groups in total. The fraction of sp³-hybridized carbons (Fsp3) is 0.650. The quantitative estimate of drug-likeness (QED) is 0.453. The molecule has 0 aromatic heterocycles. The topological polar surface area (TPSA) is 59.1 Å². The maximum atomic E-state index is 11.9. The van der Waals surface area contributed by atoms with Gasteiger partial charge in [-0.25, -0.2) is 4.79 Å². The third kappa shape index (κ3) is 3.65. The molecular formula is C20H28O4. The molecule has 2 heterocycles. The normalized spacial score (nSPS) is 38.9. The Morgan fingerprint density at radius 3 is 2.83 bits per heavy atom. The van der Waals surface area contributed by atoms with Crippen molar-refractivity contribution in [2.24, 2.45) is 0 Å². The standard InChI is InChI=1S/C20H28O4/c1-13-6-9-18-20(3,24-18)10-4-5-15(12-21)7-8-16-14(2)19(22)23-17(16)11-13/h5,11,17-18,21H,4,6-10,12H2,1-3H3/b13-11+,15-5-/t17-,18-,20-/m0/s1. The van der Waals surface area contributed by atoms with Gasteiger partial charge in [-0.2, -0.15) is 0 Å². The second-order valence-electron chi connectivity index (χ2n) is 7.51. The number of rotatable bonds is 1. The summed E-state index contributed by atoms with van der Waals surface area (Å²) < 4.78 is 11.4. The molecule has 0 aromatic carbocycles. The largest absolute Gasteiger partial charge is 0.450 e. The molecule has 0 spiro atoms. The Hall–Kier alpha value is -1.39. The Bertz CT molecular complexity index is 613. The minimum atomic E-state index is -0.244. The molecule has 4 heteroatoms. The van der Waals surface area contributed by atoms with E-state index in [4.69, 9.17) is 9.47 Å². The molecule has 1 fully saturated rings. The van der Waals surface area contributed by atoms with Gasteiger partial charge < -0.3 is 14.6 Å². The highest BCUT2D eigenvalue weighted by Crippen LogP contribution is 2.44. The van der Waals surface area contributed by atoms with E-state index < -0.39 is 0 Å². The Morgan fingerprint density at radius 1 is 1.29 bits per heavy atom. The number of esters is 1. The fourth-order valence-corrected chi connectivity index (χ4v) is 3.76.